The molecule has 0 atom stereocenters. The van der Waals surface area contributed by atoms with Gasteiger partial charge in [0.25, 0.3) is 0 Å². The van der Waals surface area contributed by atoms with Crippen LogP contribution < -0.4 is 0 Å². The Balaban J connectivity index is 2.29. The zero-order valence-electron chi connectivity index (χ0n) is 9.57. The average molecular weight is 277 g/mol. The van der Waals surface area contributed by atoms with Crippen LogP contribution in [0.25, 0.3) is 22.3 Å². The van der Waals surface area contributed by atoms with Crippen molar-refractivity contribution in [1.29, 1.82) is 0 Å². The Morgan fingerprint density at radius 2 is 1.74 bits per heavy atom. The van der Waals surface area contributed by atoms with E-state index in [-0.39, 0.29) is 16.5 Å². The van der Waals surface area contributed by atoms with E-state index < -0.39 is 11.6 Å². The number of fused-ring (bicyclic) bond motifs is 1. The molecule has 1 aromatic heterocycles. The number of benzene rings is 2. The van der Waals surface area contributed by atoms with Crippen molar-refractivity contribution < 1.29 is 8.78 Å². The van der Waals surface area contributed by atoms with Crippen molar-refractivity contribution in [1.82, 2.24) is 9.97 Å². The highest BCUT2D eigenvalue weighted by molar-refractivity contribution is 6.34. The Bertz CT molecular complexity index is 774. The first-order chi connectivity index (χ1) is 9.15. The summed E-state index contributed by atoms with van der Waals surface area (Å²) in [6.45, 7) is 0. The van der Waals surface area contributed by atoms with Crippen LogP contribution in [0.15, 0.2) is 42.5 Å². The fourth-order valence-corrected chi connectivity index (χ4v) is 2.07. The molecule has 0 amide bonds. The molecule has 0 fully saturated rings. The number of para-hydroxylation sites is 1. The van der Waals surface area contributed by atoms with Gasteiger partial charge in [-0.3, -0.25) is 0 Å². The molecular formula is C14H7ClF2N2. The lowest BCUT2D eigenvalue weighted by Crippen LogP contribution is -1.94. The number of aromatic nitrogens is 2. The van der Waals surface area contributed by atoms with E-state index in [1.165, 1.54) is 30.3 Å². The van der Waals surface area contributed by atoms with Crippen LogP contribution in [0.4, 0.5) is 8.78 Å². The molecule has 0 aliphatic carbocycles. The normalized spacial score (nSPS) is 10.9. The van der Waals surface area contributed by atoms with Crippen LogP contribution in [0.3, 0.4) is 0 Å². The number of nitrogens with zero attached hydrogens (tertiary/aromatic N) is 2. The molecule has 0 bridgehead atoms. The molecule has 0 N–H and O–H groups in total. The summed E-state index contributed by atoms with van der Waals surface area (Å²) in [4.78, 5) is 8.18. The van der Waals surface area contributed by atoms with Gasteiger partial charge < -0.3 is 0 Å². The van der Waals surface area contributed by atoms with Gasteiger partial charge in [0.05, 0.1) is 0 Å². The highest BCUT2D eigenvalue weighted by Gasteiger charge is 2.11. The van der Waals surface area contributed by atoms with E-state index in [2.05, 4.69) is 9.97 Å². The van der Waals surface area contributed by atoms with Gasteiger partial charge in [0.2, 0.25) is 0 Å². The second kappa shape index (κ2) is 4.55. The summed E-state index contributed by atoms with van der Waals surface area (Å²) < 4.78 is 26.9. The lowest BCUT2D eigenvalue weighted by atomic mass is 10.2. The maximum atomic E-state index is 13.7. The van der Waals surface area contributed by atoms with Crippen LogP contribution in [-0.2, 0) is 0 Å². The summed E-state index contributed by atoms with van der Waals surface area (Å²) in [7, 11) is 0. The monoisotopic (exact) mass is 276 g/mol. The standard InChI is InChI=1S/C14H7ClF2N2/c15-13-10-5-2-6-11(17)12(10)18-14(19-13)8-3-1-4-9(16)7-8/h1-7H. The molecule has 1 heterocycles. The Kier molecular flexibility index (Phi) is 2.87. The summed E-state index contributed by atoms with van der Waals surface area (Å²) >= 11 is 6.01. The van der Waals surface area contributed by atoms with Crippen molar-refractivity contribution in [2.75, 3.05) is 0 Å². The second-order valence-electron chi connectivity index (χ2n) is 3.98. The number of hydrogen-bond donors (Lipinski definition) is 0. The Hall–Kier alpha value is -2.07. The number of halogens is 3. The summed E-state index contributed by atoms with van der Waals surface area (Å²) in [6.07, 6.45) is 0. The Morgan fingerprint density at radius 3 is 2.53 bits per heavy atom. The predicted octanol–water partition coefficient (Wildman–Crippen LogP) is 4.23. The van der Waals surface area contributed by atoms with Crippen LogP contribution >= 0.6 is 11.6 Å². The zero-order chi connectivity index (χ0) is 13.4. The molecule has 19 heavy (non-hydrogen) atoms. The van der Waals surface area contributed by atoms with E-state index in [1.807, 2.05) is 0 Å². The van der Waals surface area contributed by atoms with Gasteiger partial charge in [-0.05, 0) is 24.3 Å². The highest BCUT2D eigenvalue weighted by atomic mass is 35.5. The van der Waals surface area contributed by atoms with Crippen molar-refractivity contribution in [2.24, 2.45) is 0 Å². The number of hydrogen-bond acceptors (Lipinski definition) is 2. The minimum Gasteiger partial charge on any atom is -0.225 e. The third kappa shape index (κ3) is 2.15. The molecule has 0 radical (unpaired) electrons. The van der Waals surface area contributed by atoms with Gasteiger partial charge in [0.1, 0.15) is 22.3 Å². The molecule has 94 valence electrons. The fraction of sp³-hybridized carbons (Fsp3) is 0. The van der Waals surface area contributed by atoms with E-state index in [0.29, 0.717) is 10.9 Å². The van der Waals surface area contributed by atoms with Gasteiger partial charge in [-0.1, -0.05) is 29.8 Å². The molecule has 2 aromatic carbocycles. The second-order valence-corrected chi connectivity index (χ2v) is 4.34. The molecule has 2 nitrogen and oxygen atoms in total. The van der Waals surface area contributed by atoms with Gasteiger partial charge in [0, 0.05) is 10.9 Å². The van der Waals surface area contributed by atoms with Crippen LogP contribution in [0.1, 0.15) is 0 Å². The summed E-state index contributed by atoms with van der Waals surface area (Å²) in [5.74, 6) is -0.701. The molecule has 0 spiro atoms. The van der Waals surface area contributed by atoms with Crippen LogP contribution in [0.2, 0.25) is 5.15 Å². The van der Waals surface area contributed by atoms with E-state index in [0.717, 1.165) is 0 Å². The van der Waals surface area contributed by atoms with Gasteiger partial charge in [-0.2, -0.15) is 0 Å². The van der Waals surface area contributed by atoms with Crippen LogP contribution in [-0.4, -0.2) is 9.97 Å². The minimum absolute atomic E-state index is 0.127. The molecule has 0 aliphatic heterocycles. The third-order valence-electron chi connectivity index (χ3n) is 2.71. The third-order valence-corrected chi connectivity index (χ3v) is 3.00. The van der Waals surface area contributed by atoms with Gasteiger partial charge in [0.15, 0.2) is 5.82 Å². The Morgan fingerprint density at radius 1 is 0.947 bits per heavy atom. The van der Waals surface area contributed by atoms with Crippen molar-refractivity contribution in [3.63, 3.8) is 0 Å². The Labute approximate surface area is 112 Å². The SMILES string of the molecule is Fc1cccc(-c2nc(Cl)c3cccc(F)c3n2)c1. The zero-order valence-corrected chi connectivity index (χ0v) is 10.3. The average Bonchev–Trinajstić information content (AvgIpc) is 2.40. The summed E-state index contributed by atoms with van der Waals surface area (Å²) in [5.41, 5.74) is 0.578. The largest absolute Gasteiger partial charge is 0.225 e. The smallest absolute Gasteiger partial charge is 0.161 e. The number of rotatable bonds is 1. The molecular weight excluding hydrogens is 270 g/mol. The van der Waals surface area contributed by atoms with E-state index in [4.69, 9.17) is 11.6 Å². The topological polar surface area (TPSA) is 25.8 Å². The molecule has 0 saturated heterocycles. The van der Waals surface area contributed by atoms with Gasteiger partial charge in [-0.25, -0.2) is 18.7 Å². The first-order valence-corrected chi connectivity index (χ1v) is 5.90. The molecule has 3 aromatic rings. The highest BCUT2D eigenvalue weighted by Crippen LogP contribution is 2.26. The molecule has 0 aliphatic rings. The first-order valence-electron chi connectivity index (χ1n) is 5.53. The minimum atomic E-state index is -0.487. The maximum Gasteiger partial charge on any atom is 0.161 e. The molecule has 0 saturated carbocycles. The quantitative estimate of drug-likeness (QED) is 0.622. The summed E-state index contributed by atoms with van der Waals surface area (Å²) in [6, 6.07) is 10.2. The van der Waals surface area contributed by atoms with Crippen molar-refractivity contribution in [3.05, 3.63) is 59.3 Å². The summed E-state index contributed by atoms with van der Waals surface area (Å²) in [5, 5.41) is 0.575. The van der Waals surface area contributed by atoms with E-state index in [1.54, 1.807) is 12.1 Å². The van der Waals surface area contributed by atoms with Crippen molar-refractivity contribution >= 4 is 22.5 Å². The molecule has 0 unspecified atom stereocenters. The van der Waals surface area contributed by atoms with Gasteiger partial charge >= 0.3 is 0 Å². The van der Waals surface area contributed by atoms with E-state index >= 15 is 0 Å². The van der Waals surface area contributed by atoms with Crippen molar-refractivity contribution in [3.8, 4) is 11.4 Å². The first kappa shape index (κ1) is 12.0. The molecule has 5 heteroatoms. The fourth-order valence-electron chi connectivity index (χ4n) is 1.84. The lowest BCUT2D eigenvalue weighted by Gasteiger charge is -2.05. The van der Waals surface area contributed by atoms with Crippen LogP contribution in [0.5, 0.6) is 0 Å². The van der Waals surface area contributed by atoms with Crippen molar-refractivity contribution in [2.45, 2.75) is 0 Å². The maximum absolute atomic E-state index is 13.7. The van der Waals surface area contributed by atoms with Gasteiger partial charge in [-0.15, -0.1) is 0 Å². The predicted molar refractivity (Wildman–Crippen MR) is 69.9 cm³/mol. The molecule has 3 rings (SSSR count). The van der Waals surface area contributed by atoms with E-state index in [9.17, 15) is 8.78 Å². The van der Waals surface area contributed by atoms with Crippen LogP contribution in [0, 0.1) is 11.6 Å². The lowest BCUT2D eigenvalue weighted by molar-refractivity contribution is 0.628.